The minimum Gasteiger partial charge on any atom is -0.352 e. The zero-order valence-electron chi connectivity index (χ0n) is 24.0. The molecule has 0 aliphatic heterocycles. The van der Waals surface area contributed by atoms with E-state index in [-0.39, 0.29) is 29.1 Å². The van der Waals surface area contributed by atoms with Gasteiger partial charge in [0.15, 0.2) is 0 Å². The molecule has 3 aromatic carbocycles. The molecule has 0 saturated heterocycles. The van der Waals surface area contributed by atoms with Gasteiger partial charge < -0.3 is 10.2 Å². The molecule has 10 heteroatoms. The molecule has 2 atom stereocenters. The van der Waals surface area contributed by atoms with Gasteiger partial charge in [0.05, 0.1) is 10.6 Å². The number of hydrogen-bond acceptors (Lipinski definition) is 4. The monoisotopic (exact) mass is 617 g/mol. The first-order chi connectivity index (χ1) is 19.4. The van der Waals surface area contributed by atoms with Gasteiger partial charge in [0.2, 0.25) is 11.8 Å². The Balaban J connectivity index is 2.10. The highest BCUT2D eigenvalue weighted by Crippen LogP contribution is 2.31. The van der Waals surface area contributed by atoms with Crippen LogP contribution in [0.3, 0.4) is 0 Å². The average Bonchev–Trinajstić information content (AvgIpc) is 2.94. The Kier molecular flexibility index (Phi) is 11.2. The quantitative estimate of drug-likeness (QED) is 0.250. The van der Waals surface area contributed by atoms with E-state index in [1.807, 2.05) is 27.7 Å². The Morgan fingerprint density at radius 3 is 2.12 bits per heavy atom. The minimum absolute atomic E-state index is 0.0427. The number of amides is 2. The summed E-state index contributed by atoms with van der Waals surface area (Å²) in [5.41, 5.74) is 2.46. The number of nitrogens with zero attached hydrogens (tertiary/aromatic N) is 2. The van der Waals surface area contributed by atoms with Crippen molar-refractivity contribution >= 4 is 50.7 Å². The van der Waals surface area contributed by atoms with E-state index in [0.29, 0.717) is 22.0 Å². The molecule has 0 heterocycles. The fourth-order valence-electron chi connectivity index (χ4n) is 4.36. The molecular formula is C31H37Cl2N3O4S. The largest absolute Gasteiger partial charge is 0.352 e. The second-order valence-corrected chi connectivity index (χ2v) is 12.8. The number of hydrogen-bond donors (Lipinski definition) is 1. The van der Waals surface area contributed by atoms with Crippen LogP contribution in [-0.2, 0) is 26.2 Å². The van der Waals surface area contributed by atoms with Gasteiger partial charge in [0, 0.05) is 22.6 Å². The van der Waals surface area contributed by atoms with Gasteiger partial charge in [-0.2, -0.15) is 0 Å². The second kappa shape index (κ2) is 14.2. The molecule has 0 radical (unpaired) electrons. The van der Waals surface area contributed by atoms with E-state index >= 15 is 0 Å². The highest BCUT2D eigenvalue weighted by Gasteiger charge is 2.34. The number of benzene rings is 3. The van der Waals surface area contributed by atoms with Crippen LogP contribution in [0.15, 0.2) is 71.6 Å². The summed E-state index contributed by atoms with van der Waals surface area (Å²) in [4.78, 5) is 29.0. The zero-order valence-corrected chi connectivity index (χ0v) is 26.4. The Morgan fingerprint density at radius 1 is 0.902 bits per heavy atom. The van der Waals surface area contributed by atoms with Crippen molar-refractivity contribution in [3.63, 3.8) is 0 Å². The molecule has 41 heavy (non-hydrogen) atoms. The first-order valence-corrected chi connectivity index (χ1v) is 15.8. The van der Waals surface area contributed by atoms with Crippen LogP contribution in [0.4, 0.5) is 5.69 Å². The van der Waals surface area contributed by atoms with Crippen molar-refractivity contribution in [2.24, 2.45) is 0 Å². The Morgan fingerprint density at radius 2 is 1.54 bits per heavy atom. The number of carbonyl (C=O) groups is 2. The third-order valence-electron chi connectivity index (χ3n) is 7.05. The van der Waals surface area contributed by atoms with Gasteiger partial charge in [-0.3, -0.25) is 13.9 Å². The first kappa shape index (κ1) is 32.4. The number of rotatable bonds is 12. The highest BCUT2D eigenvalue weighted by molar-refractivity contribution is 7.92. The van der Waals surface area contributed by atoms with E-state index in [2.05, 4.69) is 5.32 Å². The fraction of sp³-hybridized carbons (Fsp3) is 0.355. The molecule has 0 aliphatic carbocycles. The lowest BCUT2D eigenvalue weighted by Crippen LogP contribution is -2.53. The van der Waals surface area contributed by atoms with Crippen molar-refractivity contribution in [2.75, 3.05) is 10.8 Å². The minimum atomic E-state index is -4.18. The number of anilines is 1. The first-order valence-electron chi connectivity index (χ1n) is 13.6. The van der Waals surface area contributed by atoms with Gasteiger partial charge in [-0.05, 0) is 81.1 Å². The summed E-state index contributed by atoms with van der Waals surface area (Å²) >= 11 is 12.5. The molecule has 0 aliphatic rings. The Hall–Kier alpha value is -3.07. The lowest BCUT2D eigenvalue weighted by Gasteiger charge is -2.34. The maximum atomic E-state index is 14.2. The van der Waals surface area contributed by atoms with Gasteiger partial charge in [0.25, 0.3) is 10.0 Å². The molecule has 1 N–H and O–H groups in total. The topological polar surface area (TPSA) is 86.8 Å². The number of aryl methyl sites for hydroxylation is 1. The maximum Gasteiger partial charge on any atom is 0.264 e. The predicted molar refractivity (Wildman–Crippen MR) is 166 cm³/mol. The third-order valence-corrected chi connectivity index (χ3v) is 9.48. The van der Waals surface area contributed by atoms with Gasteiger partial charge >= 0.3 is 0 Å². The Labute approximate surface area is 253 Å². The maximum absolute atomic E-state index is 14.2. The van der Waals surface area contributed by atoms with Gasteiger partial charge in [-0.1, -0.05) is 72.9 Å². The molecule has 3 rings (SSSR count). The van der Waals surface area contributed by atoms with E-state index < -0.39 is 28.5 Å². The summed E-state index contributed by atoms with van der Waals surface area (Å²) in [7, 11) is -4.18. The highest BCUT2D eigenvalue weighted by atomic mass is 35.5. The molecular weight excluding hydrogens is 581 g/mol. The van der Waals surface area contributed by atoms with Crippen molar-refractivity contribution in [3.05, 3.63) is 93.5 Å². The molecule has 0 unspecified atom stereocenters. The number of sulfonamides is 1. The average molecular weight is 619 g/mol. The van der Waals surface area contributed by atoms with E-state index in [9.17, 15) is 18.0 Å². The summed E-state index contributed by atoms with van der Waals surface area (Å²) in [5.74, 6) is -0.822. The number of nitrogens with one attached hydrogen (secondary N) is 1. The second-order valence-electron chi connectivity index (χ2n) is 10.1. The van der Waals surface area contributed by atoms with Crippen LogP contribution < -0.4 is 9.62 Å². The molecule has 0 spiro atoms. The lowest BCUT2D eigenvalue weighted by molar-refractivity contribution is -0.140. The van der Waals surface area contributed by atoms with Crippen LogP contribution in [0.5, 0.6) is 0 Å². The van der Waals surface area contributed by atoms with E-state index in [4.69, 9.17) is 23.2 Å². The van der Waals surface area contributed by atoms with E-state index in [1.54, 1.807) is 61.5 Å². The van der Waals surface area contributed by atoms with Gasteiger partial charge in [-0.25, -0.2) is 8.42 Å². The third kappa shape index (κ3) is 8.03. The summed E-state index contributed by atoms with van der Waals surface area (Å²) in [5, 5.41) is 3.88. The fourth-order valence-corrected chi connectivity index (χ4v) is 6.13. The number of carbonyl (C=O) groups excluding carboxylic acids is 2. The predicted octanol–water partition coefficient (Wildman–Crippen LogP) is 6.53. The lowest BCUT2D eigenvalue weighted by atomic mass is 10.1. The van der Waals surface area contributed by atoms with Crippen molar-refractivity contribution in [3.8, 4) is 0 Å². The van der Waals surface area contributed by atoms with Crippen LogP contribution in [0.25, 0.3) is 0 Å². The molecule has 220 valence electrons. The zero-order chi connectivity index (χ0) is 30.3. The normalized spacial score (nSPS) is 12.9. The molecule has 0 fully saturated rings. The van der Waals surface area contributed by atoms with Crippen molar-refractivity contribution in [1.29, 1.82) is 0 Å². The van der Waals surface area contributed by atoms with Crippen LogP contribution in [0.2, 0.25) is 10.0 Å². The van der Waals surface area contributed by atoms with Crippen molar-refractivity contribution < 1.29 is 18.0 Å². The SMILES string of the molecule is CC[C@@H](C)NC(=O)[C@H](CC)N(Cc1ccc(Cl)cc1)C(=O)CN(c1cccc(Cl)c1C)S(=O)(=O)c1ccc(C)cc1. The number of halogens is 2. The van der Waals surface area contributed by atoms with Crippen LogP contribution in [0, 0.1) is 13.8 Å². The Bertz CT molecular complexity index is 1460. The van der Waals surface area contributed by atoms with Crippen LogP contribution in [0.1, 0.15) is 50.3 Å². The molecule has 7 nitrogen and oxygen atoms in total. The van der Waals surface area contributed by atoms with Gasteiger partial charge in [0.1, 0.15) is 12.6 Å². The van der Waals surface area contributed by atoms with Crippen molar-refractivity contribution in [2.45, 2.75) is 71.0 Å². The van der Waals surface area contributed by atoms with Crippen molar-refractivity contribution in [1.82, 2.24) is 10.2 Å². The summed E-state index contributed by atoms with van der Waals surface area (Å²) in [6, 6.07) is 17.5. The molecule has 0 aromatic heterocycles. The van der Waals surface area contributed by atoms with Crippen LogP contribution >= 0.6 is 23.2 Å². The standard InChI is InChI=1S/C31H37Cl2N3O4S/c1-6-22(4)34-31(38)28(7-2)35(19-24-13-15-25(32)16-14-24)30(37)20-36(29-10-8-9-27(33)23(29)5)41(39,40)26-17-11-21(3)12-18-26/h8-18,22,28H,6-7,19-20H2,1-5H3,(H,34,38)/t22-,28+/m1/s1. The molecule has 0 bridgehead atoms. The molecule has 0 saturated carbocycles. The molecule has 2 amide bonds. The summed E-state index contributed by atoms with van der Waals surface area (Å²) in [6.45, 7) is 8.82. The van der Waals surface area contributed by atoms with E-state index in [1.165, 1.54) is 17.0 Å². The van der Waals surface area contributed by atoms with Crippen LogP contribution in [-0.4, -0.2) is 43.8 Å². The van der Waals surface area contributed by atoms with E-state index in [0.717, 1.165) is 21.9 Å². The molecule has 3 aromatic rings. The summed E-state index contributed by atoms with van der Waals surface area (Å²) < 4.78 is 29.2. The smallest absolute Gasteiger partial charge is 0.264 e. The summed E-state index contributed by atoms with van der Waals surface area (Å²) in [6.07, 6.45) is 1.06. The van der Waals surface area contributed by atoms with Gasteiger partial charge in [-0.15, -0.1) is 0 Å².